The number of ether oxygens (including phenoxy) is 2. The standard InChI is InChI=1S/C32H26F2N4O4/c1-19-3-9-27(37-31(19)42-18-24-5-4-20(17-35)13-25(24)33)22-7-6-21(26(34)14-22)16-30-36-28-10-8-23(32(39)40)15-29(28)38(30)11-12-41-2/h3-10,13-15H,11-12,16,18H2,1-2H3,(H,39,40). The zero-order chi connectivity index (χ0) is 29.8. The summed E-state index contributed by atoms with van der Waals surface area (Å²) in [5.41, 5.74) is 4.04. The van der Waals surface area contributed by atoms with E-state index in [2.05, 4.69) is 9.97 Å². The van der Waals surface area contributed by atoms with Crippen LogP contribution in [-0.2, 0) is 24.3 Å². The molecule has 0 aliphatic heterocycles. The van der Waals surface area contributed by atoms with E-state index < -0.39 is 17.6 Å². The van der Waals surface area contributed by atoms with Crippen LogP contribution in [0.3, 0.4) is 0 Å². The Morgan fingerprint density at radius 2 is 1.79 bits per heavy atom. The first-order chi connectivity index (χ1) is 20.3. The van der Waals surface area contributed by atoms with Gasteiger partial charge in [0.2, 0.25) is 5.88 Å². The van der Waals surface area contributed by atoms with E-state index in [1.807, 2.05) is 10.6 Å². The van der Waals surface area contributed by atoms with Crippen LogP contribution in [0.5, 0.6) is 5.88 Å². The maximum Gasteiger partial charge on any atom is 0.335 e. The van der Waals surface area contributed by atoms with Crippen molar-refractivity contribution in [2.75, 3.05) is 13.7 Å². The van der Waals surface area contributed by atoms with Crippen LogP contribution in [0.1, 0.15) is 38.4 Å². The van der Waals surface area contributed by atoms with E-state index >= 15 is 4.39 Å². The van der Waals surface area contributed by atoms with Crippen molar-refractivity contribution in [3.05, 3.63) is 112 Å². The summed E-state index contributed by atoms with van der Waals surface area (Å²) in [6.45, 7) is 2.52. The molecule has 0 unspecified atom stereocenters. The molecule has 212 valence electrons. The molecular weight excluding hydrogens is 542 g/mol. The van der Waals surface area contributed by atoms with Gasteiger partial charge in [-0.2, -0.15) is 5.26 Å². The molecular formula is C32H26F2N4O4. The summed E-state index contributed by atoms with van der Waals surface area (Å²) in [7, 11) is 1.57. The van der Waals surface area contributed by atoms with Crippen LogP contribution in [0.2, 0.25) is 0 Å². The average Bonchev–Trinajstić information content (AvgIpc) is 3.33. The highest BCUT2D eigenvalue weighted by Gasteiger charge is 2.17. The van der Waals surface area contributed by atoms with E-state index in [0.717, 1.165) is 11.6 Å². The molecule has 0 atom stereocenters. The second kappa shape index (κ2) is 12.2. The lowest BCUT2D eigenvalue weighted by atomic mass is 10.0. The topological polar surface area (TPSA) is 110 Å². The number of imidazole rings is 1. The van der Waals surface area contributed by atoms with Crippen molar-refractivity contribution >= 4 is 17.0 Å². The first kappa shape index (κ1) is 28.4. The number of nitrogens with zero attached hydrogens (tertiary/aromatic N) is 4. The second-order valence-electron chi connectivity index (χ2n) is 9.69. The summed E-state index contributed by atoms with van der Waals surface area (Å²) in [6.07, 6.45) is 0.179. The third kappa shape index (κ3) is 5.96. The van der Waals surface area contributed by atoms with Crippen LogP contribution in [0, 0.1) is 29.9 Å². The molecule has 5 rings (SSSR count). The van der Waals surface area contributed by atoms with Crippen molar-refractivity contribution in [2.45, 2.75) is 26.5 Å². The number of carbonyl (C=O) groups is 1. The molecule has 2 heterocycles. The first-order valence-corrected chi connectivity index (χ1v) is 13.1. The lowest BCUT2D eigenvalue weighted by Crippen LogP contribution is -2.10. The van der Waals surface area contributed by atoms with Crippen molar-refractivity contribution in [2.24, 2.45) is 0 Å². The van der Waals surface area contributed by atoms with E-state index in [0.29, 0.717) is 46.8 Å². The maximum atomic E-state index is 15.4. The fourth-order valence-electron chi connectivity index (χ4n) is 4.59. The number of carboxylic acids is 1. The van der Waals surface area contributed by atoms with Gasteiger partial charge >= 0.3 is 5.97 Å². The number of aryl methyl sites for hydroxylation is 1. The highest BCUT2D eigenvalue weighted by Crippen LogP contribution is 2.27. The Morgan fingerprint density at radius 1 is 1.00 bits per heavy atom. The number of methoxy groups -OCH3 is 1. The third-order valence-electron chi connectivity index (χ3n) is 6.89. The quantitative estimate of drug-likeness (QED) is 0.218. The van der Waals surface area contributed by atoms with Gasteiger partial charge in [0.1, 0.15) is 24.1 Å². The molecule has 0 aliphatic carbocycles. The molecule has 0 aliphatic rings. The molecule has 0 radical (unpaired) electrons. The monoisotopic (exact) mass is 568 g/mol. The molecule has 0 saturated heterocycles. The van der Waals surface area contributed by atoms with Gasteiger partial charge in [0, 0.05) is 36.8 Å². The van der Waals surface area contributed by atoms with Crippen molar-refractivity contribution in [1.29, 1.82) is 5.26 Å². The predicted octanol–water partition coefficient (Wildman–Crippen LogP) is 6.07. The Morgan fingerprint density at radius 3 is 2.50 bits per heavy atom. The summed E-state index contributed by atoms with van der Waals surface area (Å²) in [5, 5.41) is 18.3. The zero-order valence-electron chi connectivity index (χ0n) is 22.9. The number of hydrogen-bond acceptors (Lipinski definition) is 6. The number of rotatable bonds is 10. The number of halogens is 2. The molecule has 5 aromatic rings. The zero-order valence-corrected chi connectivity index (χ0v) is 22.9. The molecule has 2 aromatic heterocycles. The summed E-state index contributed by atoms with van der Waals surface area (Å²) < 4.78 is 42.6. The Labute approximate surface area is 240 Å². The minimum Gasteiger partial charge on any atom is -0.478 e. The fraction of sp³-hybridized carbons (Fsp3) is 0.188. The summed E-state index contributed by atoms with van der Waals surface area (Å²) in [4.78, 5) is 20.7. The number of aromatic carboxylic acids is 1. The Bertz CT molecular complexity index is 1850. The summed E-state index contributed by atoms with van der Waals surface area (Å²) >= 11 is 0. The molecule has 0 amide bonds. The minimum absolute atomic E-state index is 0.0832. The summed E-state index contributed by atoms with van der Waals surface area (Å²) in [6, 6.07) is 19.1. The van der Waals surface area contributed by atoms with Crippen LogP contribution in [0.4, 0.5) is 8.78 Å². The Hall–Kier alpha value is -5.14. The lowest BCUT2D eigenvalue weighted by Gasteiger charge is -2.12. The predicted molar refractivity (Wildman–Crippen MR) is 151 cm³/mol. The van der Waals surface area contributed by atoms with Crippen molar-refractivity contribution in [3.8, 4) is 23.2 Å². The van der Waals surface area contributed by atoms with Crippen molar-refractivity contribution < 1.29 is 28.2 Å². The SMILES string of the molecule is COCCn1c(Cc2ccc(-c3ccc(C)c(OCc4ccc(C#N)cc4F)n3)cc2F)nc2ccc(C(=O)O)cc21. The Kier molecular flexibility index (Phi) is 8.22. The molecule has 0 saturated carbocycles. The molecule has 42 heavy (non-hydrogen) atoms. The lowest BCUT2D eigenvalue weighted by molar-refractivity contribution is 0.0697. The smallest absolute Gasteiger partial charge is 0.335 e. The van der Waals surface area contributed by atoms with Crippen molar-refractivity contribution in [3.63, 3.8) is 0 Å². The van der Waals surface area contributed by atoms with Crippen LogP contribution >= 0.6 is 0 Å². The number of aromatic nitrogens is 3. The van der Waals surface area contributed by atoms with Gasteiger partial charge in [-0.25, -0.2) is 23.5 Å². The molecule has 3 aromatic carbocycles. The summed E-state index contributed by atoms with van der Waals surface area (Å²) in [5.74, 6) is -1.17. The number of pyridine rings is 1. The Balaban J connectivity index is 1.39. The van der Waals surface area contributed by atoms with Crippen LogP contribution in [0.15, 0.2) is 66.7 Å². The van der Waals surface area contributed by atoms with E-state index in [9.17, 15) is 14.3 Å². The number of carboxylic acid groups (broad SMARTS) is 1. The third-order valence-corrected chi connectivity index (χ3v) is 6.89. The fourth-order valence-corrected chi connectivity index (χ4v) is 4.59. The highest BCUT2D eigenvalue weighted by molar-refractivity contribution is 5.92. The van der Waals surface area contributed by atoms with E-state index in [1.54, 1.807) is 50.4 Å². The molecule has 0 fully saturated rings. The van der Waals surface area contributed by atoms with Gasteiger partial charge in [0.25, 0.3) is 0 Å². The average molecular weight is 569 g/mol. The minimum atomic E-state index is -1.04. The number of nitriles is 1. The van der Waals surface area contributed by atoms with Gasteiger partial charge in [-0.3, -0.25) is 0 Å². The normalized spacial score (nSPS) is 11.0. The molecule has 10 heteroatoms. The number of hydrogen-bond donors (Lipinski definition) is 1. The van der Waals surface area contributed by atoms with E-state index in [-0.39, 0.29) is 35.6 Å². The highest BCUT2D eigenvalue weighted by atomic mass is 19.1. The first-order valence-electron chi connectivity index (χ1n) is 13.1. The van der Waals surface area contributed by atoms with E-state index in [4.69, 9.17) is 14.7 Å². The number of fused-ring (bicyclic) bond motifs is 1. The van der Waals surface area contributed by atoms with Gasteiger partial charge in [0.15, 0.2) is 0 Å². The molecule has 0 bridgehead atoms. The van der Waals surface area contributed by atoms with Crippen LogP contribution in [0.25, 0.3) is 22.3 Å². The number of benzene rings is 3. The van der Waals surface area contributed by atoms with E-state index in [1.165, 1.54) is 24.3 Å². The van der Waals surface area contributed by atoms with Gasteiger partial charge in [0.05, 0.1) is 40.5 Å². The van der Waals surface area contributed by atoms with Crippen LogP contribution in [-0.4, -0.2) is 39.3 Å². The second-order valence-corrected chi connectivity index (χ2v) is 9.69. The molecule has 0 spiro atoms. The molecule has 8 nitrogen and oxygen atoms in total. The van der Waals surface area contributed by atoms with Crippen LogP contribution < -0.4 is 4.74 Å². The van der Waals surface area contributed by atoms with Gasteiger partial charge in [-0.05, 0) is 55.0 Å². The van der Waals surface area contributed by atoms with Gasteiger partial charge < -0.3 is 19.1 Å². The van der Waals surface area contributed by atoms with Crippen molar-refractivity contribution in [1.82, 2.24) is 14.5 Å². The van der Waals surface area contributed by atoms with Gasteiger partial charge in [-0.15, -0.1) is 0 Å². The molecule has 1 N–H and O–H groups in total. The van der Waals surface area contributed by atoms with Gasteiger partial charge in [-0.1, -0.05) is 24.3 Å². The largest absolute Gasteiger partial charge is 0.478 e. The maximum absolute atomic E-state index is 15.4.